The molecule has 21 heavy (non-hydrogen) atoms. The standard InChI is InChI=1S/C15H21N3O2S/c1-4-5-9-13(19)17-15(21)16-12-8-6-7-11(10-12)14(20)18(2)3/h6-8,10H,4-5,9H2,1-3H3,(H2,16,17,19,21). The molecule has 0 unspecified atom stereocenters. The lowest BCUT2D eigenvalue weighted by atomic mass is 10.2. The number of amides is 2. The highest BCUT2D eigenvalue weighted by Crippen LogP contribution is 2.12. The summed E-state index contributed by atoms with van der Waals surface area (Å²) in [6, 6.07) is 6.99. The third-order valence-electron chi connectivity index (χ3n) is 2.78. The minimum Gasteiger partial charge on any atom is -0.345 e. The molecular formula is C15H21N3O2S. The van der Waals surface area contributed by atoms with Crippen LogP contribution < -0.4 is 10.6 Å². The number of benzene rings is 1. The Bertz CT molecular complexity index is 529. The molecule has 114 valence electrons. The molecule has 0 aliphatic rings. The van der Waals surface area contributed by atoms with E-state index in [0.29, 0.717) is 17.7 Å². The van der Waals surface area contributed by atoms with Gasteiger partial charge in [0.15, 0.2) is 5.11 Å². The van der Waals surface area contributed by atoms with Crippen molar-refractivity contribution in [1.82, 2.24) is 10.2 Å². The van der Waals surface area contributed by atoms with Crippen molar-refractivity contribution in [3.05, 3.63) is 29.8 Å². The van der Waals surface area contributed by atoms with Crippen molar-refractivity contribution >= 4 is 34.8 Å². The molecule has 0 aromatic heterocycles. The van der Waals surface area contributed by atoms with E-state index in [1.807, 2.05) is 6.92 Å². The second-order valence-corrected chi connectivity index (χ2v) is 5.29. The van der Waals surface area contributed by atoms with E-state index in [1.165, 1.54) is 4.90 Å². The lowest BCUT2D eigenvalue weighted by Crippen LogP contribution is -2.34. The number of carbonyl (C=O) groups is 2. The summed E-state index contributed by atoms with van der Waals surface area (Å²) in [6.07, 6.45) is 2.25. The van der Waals surface area contributed by atoms with E-state index in [2.05, 4.69) is 10.6 Å². The van der Waals surface area contributed by atoms with Gasteiger partial charge in [0.25, 0.3) is 5.91 Å². The van der Waals surface area contributed by atoms with Gasteiger partial charge in [-0.1, -0.05) is 19.4 Å². The Balaban J connectivity index is 2.62. The summed E-state index contributed by atoms with van der Waals surface area (Å²) in [7, 11) is 3.39. The number of hydrogen-bond donors (Lipinski definition) is 2. The molecule has 5 nitrogen and oxygen atoms in total. The van der Waals surface area contributed by atoms with Crippen LogP contribution in [0.3, 0.4) is 0 Å². The molecule has 0 heterocycles. The molecule has 0 saturated carbocycles. The normalized spacial score (nSPS) is 9.86. The lowest BCUT2D eigenvalue weighted by molar-refractivity contribution is -0.119. The van der Waals surface area contributed by atoms with Crippen molar-refractivity contribution in [3.63, 3.8) is 0 Å². The molecule has 0 saturated heterocycles. The van der Waals surface area contributed by atoms with Gasteiger partial charge in [-0.05, 0) is 36.8 Å². The van der Waals surface area contributed by atoms with E-state index in [4.69, 9.17) is 12.2 Å². The second-order valence-electron chi connectivity index (χ2n) is 4.89. The number of nitrogens with zero attached hydrogens (tertiary/aromatic N) is 1. The lowest BCUT2D eigenvalue weighted by Gasteiger charge is -2.13. The van der Waals surface area contributed by atoms with E-state index in [0.717, 1.165) is 12.8 Å². The number of anilines is 1. The zero-order chi connectivity index (χ0) is 15.8. The van der Waals surface area contributed by atoms with Crippen molar-refractivity contribution < 1.29 is 9.59 Å². The first kappa shape index (κ1) is 17.1. The summed E-state index contributed by atoms with van der Waals surface area (Å²) in [5.74, 6) is -0.188. The average molecular weight is 307 g/mol. The van der Waals surface area contributed by atoms with Crippen molar-refractivity contribution in [1.29, 1.82) is 0 Å². The van der Waals surface area contributed by atoms with Gasteiger partial charge in [0.05, 0.1) is 0 Å². The predicted molar refractivity (Wildman–Crippen MR) is 88.3 cm³/mol. The van der Waals surface area contributed by atoms with Crippen LogP contribution in [0.1, 0.15) is 36.5 Å². The first-order valence-corrected chi connectivity index (χ1v) is 7.27. The maximum Gasteiger partial charge on any atom is 0.253 e. The average Bonchev–Trinajstić information content (AvgIpc) is 2.44. The van der Waals surface area contributed by atoms with Crippen LogP contribution in [0, 0.1) is 0 Å². The number of rotatable bonds is 5. The first-order valence-electron chi connectivity index (χ1n) is 6.86. The Hall–Kier alpha value is -1.95. The molecule has 2 N–H and O–H groups in total. The van der Waals surface area contributed by atoms with Crippen LogP contribution in [0.25, 0.3) is 0 Å². The summed E-state index contributed by atoms with van der Waals surface area (Å²) < 4.78 is 0. The monoisotopic (exact) mass is 307 g/mol. The Labute approximate surface area is 130 Å². The molecule has 0 atom stereocenters. The third kappa shape index (κ3) is 5.91. The van der Waals surface area contributed by atoms with Gasteiger partial charge in [-0.3, -0.25) is 9.59 Å². The van der Waals surface area contributed by atoms with Gasteiger partial charge in [0, 0.05) is 31.8 Å². The van der Waals surface area contributed by atoms with Crippen LogP contribution in [0.4, 0.5) is 5.69 Å². The van der Waals surface area contributed by atoms with Crippen molar-refractivity contribution in [3.8, 4) is 0 Å². The molecule has 0 radical (unpaired) electrons. The molecule has 0 aliphatic carbocycles. The van der Waals surface area contributed by atoms with Crippen LogP contribution in [-0.4, -0.2) is 35.9 Å². The van der Waals surface area contributed by atoms with E-state index in [1.54, 1.807) is 38.4 Å². The van der Waals surface area contributed by atoms with Crippen LogP contribution in [0.2, 0.25) is 0 Å². The number of hydrogen-bond acceptors (Lipinski definition) is 3. The highest BCUT2D eigenvalue weighted by atomic mass is 32.1. The molecule has 1 aromatic carbocycles. The van der Waals surface area contributed by atoms with Gasteiger partial charge >= 0.3 is 0 Å². The van der Waals surface area contributed by atoms with Gasteiger partial charge < -0.3 is 15.5 Å². The summed E-state index contributed by atoms with van der Waals surface area (Å²) in [4.78, 5) is 24.9. The minimum atomic E-state index is -0.102. The molecule has 0 fully saturated rings. The zero-order valence-electron chi connectivity index (χ0n) is 12.6. The molecule has 0 bridgehead atoms. The summed E-state index contributed by atoms with van der Waals surface area (Å²) in [5.41, 5.74) is 1.23. The summed E-state index contributed by atoms with van der Waals surface area (Å²) >= 11 is 5.08. The molecule has 0 aliphatic heterocycles. The molecule has 1 aromatic rings. The largest absolute Gasteiger partial charge is 0.345 e. The topological polar surface area (TPSA) is 61.4 Å². The van der Waals surface area contributed by atoms with E-state index in [9.17, 15) is 9.59 Å². The van der Waals surface area contributed by atoms with Crippen molar-refractivity contribution in [2.24, 2.45) is 0 Å². The van der Waals surface area contributed by atoms with E-state index in [-0.39, 0.29) is 16.9 Å². The SMILES string of the molecule is CCCCC(=O)NC(=S)Nc1cccc(C(=O)N(C)C)c1. The molecule has 2 amide bonds. The zero-order valence-corrected chi connectivity index (χ0v) is 13.4. The van der Waals surface area contributed by atoms with Gasteiger partial charge in [0.1, 0.15) is 0 Å². The molecule has 6 heteroatoms. The van der Waals surface area contributed by atoms with Crippen LogP contribution in [0.5, 0.6) is 0 Å². The van der Waals surface area contributed by atoms with Crippen molar-refractivity contribution in [2.75, 3.05) is 19.4 Å². The Morgan fingerprint density at radius 2 is 2.00 bits per heavy atom. The molecular weight excluding hydrogens is 286 g/mol. The van der Waals surface area contributed by atoms with Crippen LogP contribution in [-0.2, 0) is 4.79 Å². The first-order chi connectivity index (χ1) is 9.93. The Morgan fingerprint density at radius 1 is 1.29 bits per heavy atom. The summed E-state index contributed by atoms with van der Waals surface area (Å²) in [5, 5.41) is 5.77. The number of nitrogens with one attached hydrogen (secondary N) is 2. The maximum atomic E-state index is 11.9. The van der Waals surface area contributed by atoms with Gasteiger partial charge in [-0.25, -0.2) is 0 Å². The number of thiocarbonyl (C=S) groups is 1. The maximum absolute atomic E-state index is 11.9. The van der Waals surface area contributed by atoms with E-state index >= 15 is 0 Å². The fraction of sp³-hybridized carbons (Fsp3) is 0.400. The second kappa shape index (κ2) is 8.36. The smallest absolute Gasteiger partial charge is 0.253 e. The fourth-order valence-electron chi connectivity index (χ4n) is 1.68. The highest BCUT2D eigenvalue weighted by Gasteiger charge is 2.09. The Kier molecular flexibility index (Phi) is 6.81. The van der Waals surface area contributed by atoms with Gasteiger partial charge in [-0.2, -0.15) is 0 Å². The van der Waals surface area contributed by atoms with Gasteiger partial charge in [0.2, 0.25) is 5.91 Å². The summed E-state index contributed by atoms with van der Waals surface area (Å²) in [6.45, 7) is 2.02. The van der Waals surface area contributed by atoms with Crippen LogP contribution in [0.15, 0.2) is 24.3 Å². The third-order valence-corrected chi connectivity index (χ3v) is 2.99. The van der Waals surface area contributed by atoms with Gasteiger partial charge in [-0.15, -0.1) is 0 Å². The number of carbonyl (C=O) groups excluding carboxylic acids is 2. The van der Waals surface area contributed by atoms with Crippen LogP contribution >= 0.6 is 12.2 Å². The quantitative estimate of drug-likeness (QED) is 0.820. The van der Waals surface area contributed by atoms with Crippen molar-refractivity contribution in [2.45, 2.75) is 26.2 Å². The minimum absolute atomic E-state index is 0.0865. The Morgan fingerprint density at radius 3 is 2.62 bits per heavy atom. The highest BCUT2D eigenvalue weighted by molar-refractivity contribution is 7.80. The predicted octanol–water partition coefficient (Wildman–Crippen LogP) is 2.39. The number of unbranched alkanes of at least 4 members (excludes halogenated alkanes) is 1. The fourth-order valence-corrected chi connectivity index (χ4v) is 1.91. The molecule has 0 spiro atoms. The molecule has 1 rings (SSSR count). The van der Waals surface area contributed by atoms with E-state index < -0.39 is 0 Å².